The van der Waals surface area contributed by atoms with E-state index in [9.17, 15) is 4.79 Å². The smallest absolute Gasteiger partial charge is 0.258 e. The number of aromatic nitrogens is 2. The third kappa shape index (κ3) is 2.42. The maximum atomic E-state index is 11.9. The fraction of sp³-hybridized carbons (Fsp3) is 0.167. The fourth-order valence-corrected chi connectivity index (χ4v) is 1.56. The van der Waals surface area contributed by atoms with E-state index < -0.39 is 0 Å². The van der Waals surface area contributed by atoms with Gasteiger partial charge in [-0.25, -0.2) is 0 Å². The molecule has 0 aliphatic carbocycles. The number of nitrogen functional groups attached to an aromatic ring is 1. The van der Waals surface area contributed by atoms with Crippen molar-refractivity contribution in [3.8, 4) is 5.75 Å². The van der Waals surface area contributed by atoms with Crippen molar-refractivity contribution in [1.82, 2.24) is 9.78 Å². The van der Waals surface area contributed by atoms with E-state index in [1.807, 2.05) is 0 Å². The Balaban J connectivity index is 2.23. The third-order valence-corrected chi connectivity index (χ3v) is 2.44. The molecule has 0 atom stereocenters. The van der Waals surface area contributed by atoms with Crippen LogP contribution in [0.3, 0.4) is 0 Å². The Bertz CT molecular complexity index is 577. The van der Waals surface area contributed by atoms with E-state index >= 15 is 0 Å². The van der Waals surface area contributed by atoms with E-state index in [1.165, 1.54) is 13.3 Å². The Morgan fingerprint density at radius 1 is 1.50 bits per heavy atom. The molecule has 0 spiro atoms. The molecule has 0 aliphatic heterocycles. The first-order chi connectivity index (χ1) is 8.60. The normalized spacial score (nSPS) is 10.1. The molecule has 6 heteroatoms. The molecule has 6 nitrogen and oxygen atoms in total. The van der Waals surface area contributed by atoms with Crippen LogP contribution in [0.2, 0.25) is 0 Å². The molecule has 0 radical (unpaired) electrons. The van der Waals surface area contributed by atoms with E-state index in [2.05, 4.69) is 10.4 Å². The second kappa shape index (κ2) is 4.79. The average molecular weight is 246 g/mol. The van der Waals surface area contributed by atoms with Crippen molar-refractivity contribution in [2.24, 2.45) is 7.05 Å². The number of amides is 1. The molecule has 1 aromatic carbocycles. The highest BCUT2D eigenvalue weighted by atomic mass is 16.5. The van der Waals surface area contributed by atoms with Crippen molar-refractivity contribution < 1.29 is 9.53 Å². The summed E-state index contributed by atoms with van der Waals surface area (Å²) in [6.07, 6.45) is 3.13. The van der Waals surface area contributed by atoms with Gasteiger partial charge in [0, 0.05) is 18.9 Å². The van der Waals surface area contributed by atoms with Gasteiger partial charge in [0.05, 0.1) is 24.6 Å². The number of aryl methyl sites for hydroxylation is 1. The highest BCUT2D eigenvalue weighted by Gasteiger charge is 2.11. The zero-order valence-electron chi connectivity index (χ0n) is 10.2. The topological polar surface area (TPSA) is 82.2 Å². The van der Waals surface area contributed by atoms with Crippen molar-refractivity contribution in [2.75, 3.05) is 18.2 Å². The first-order valence-electron chi connectivity index (χ1n) is 5.33. The molecule has 1 aromatic heterocycles. The molecule has 0 unspecified atom stereocenters. The van der Waals surface area contributed by atoms with Gasteiger partial charge in [-0.3, -0.25) is 9.48 Å². The molecule has 0 saturated carbocycles. The third-order valence-electron chi connectivity index (χ3n) is 2.44. The predicted octanol–water partition coefficient (Wildman–Crippen LogP) is 1.26. The first-order valence-corrected chi connectivity index (χ1v) is 5.33. The maximum absolute atomic E-state index is 11.9. The van der Waals surface area contributed by atoms with Gasteiger partial charge in [0.15, 0.2) is 0 Å². The number of hydrogen-bond acceptors (Lipinski definition) is 4. The summed E-state index contributed by atoms with van der Waals surface area (Å²) in [4.78, 5) is 11.9. The van der Waals surface area contributed by atoms with E-state index in [-0.39, 0.29) is 5.91 Å². The summed E-state index contributed by atoms with van der Waals surface area (Å²) in [7, 11) is 3.28. The van der Waals surface area contributed by atoms with Crippen LogP contribution in [-0.2, 0) is 7.05 Å². The number of nitrogens with two attached hydrogens (primary N) is 1. The molecular formula is C12H14N4O2. The molecule has 1 amide bonds. The Morgan fingerprint density at radius 3 is 2.89 bits per heavy atom. The molecule has 94 valence electrons. The summed E-state index contributed by atoms with van der Waals surface area (Å²) in [6, 6.07) is 5.06. The molecular weight excluding hydrogens is 232 g/mol. The molecule has 0 aliphatic rings. The summed E-state index contributed by atoms with van der Waals surface area (Å²) >= 11 is 0. The van der Waals surface area contributed by atoms with Crippen LogP contribution >= 0.6 is 0 Å². The standard InChI is InChI=1S/C12H14N4O2/c1-16-7-8(6-14-16)12(17)15-10-5-9(13)3-4-11(10)18-2/h3-7H,13H2,1-2H3,(H,15,17). The minimum atomic E-state index is -0.257. The van der Waals surface area contributed by atoms with Gasteiger partial charge in [0.2, 0.25) is 0 Å². The molecule has 18 heavy (non-hydrogen) atoms. The fourth-order valence-electron chi connectivity index (χ4n) is 1.56. The van der Waals surface area contributed by atoms with Crippen molar-refractivity contribution >= 4 is 17.3 Å². The lowest BCUT2D eigenvalue weighted by molar-refractivity contribution is 0.102. The molecule has 0 saturated heterocycles. The number of methoxy groups -OCH3 is 1. The van der Waals surface area contributed by atoms with Gasteiger partial charge in [0.25, 0.3) is 5.91 Å². The number of carbonyl (C=O) groups excluding carboxylic acids is 1. The van der Waals surface area contributed by atoms with E-state index in [1.54, 1.807) is 36.1 Å². The summed E-state index contributed by atoms with van der Waals surface area (Å²) in [5, 5.41) is 6.67. The number of nitrogens with one attached hydrogen (secondary N) is 1. The van der Waals surface area contributed by atoms with E-state index in [0.29, 0.717) is 22.7 Å². The van der Waals surface area contributed by atoms with Gasteiger partial charge in [-0.05, 0) is 18.2 Å². The minimum absolute atomic E-state index is 0.257. The number of carbonyl (C=O) groups is 1. The number of hydrogen-bond donors (Lipinski definition) is 2. The molecule has 0 fully saturated rings. The lowest BCUT2D eigenvalue weighted by Crippen LogP contribution is -2.12. The van der Waals surface area contributed by atoms with Crippen LogP contribution in [0.1, 0.15) is 10.4 Å². The molecule has 1 heterocycles. The Labute approximate surface area is 104 Å². The second-order valence-corrected chi connectivity index (χ2v) is 3.82. The quantitative estimate of drug-likeness (QED) is 0.799. The van der Waals surface area contributed by atoms with Gasteiger partial charge >= 0.3 is 0 Å². The summed E-state index contributed by atoms with van der Waals surface area (Å²) in [5.74, 6) is 0.299. The van der Waals surface area contributed by atoms with Crippen LogP contribution in [0, 0.1) is 0 Å². The van der Waals surface area contributed by atoms with Crippen LogP contribution < -0.4 is 15.8 Å². The Kier molecular flexibility index (Phi) is 3.18. The highest BCUT2D eigenvalue weighted by molar-refractivity contribution is 6.04. The summed E-state index contributed by atoms with van der Waals surface area (Å²) in [6.45, 7) is 0. The first kappa shape index (κ1) is 12.0. The summed E-state index contributed by atoms with van der Waals surface area (Å²) < 4.78 is 6.71. The average Bonchev–Trinajstić information content (AvgIpc) is 2.76. The number of nitrogens with zero attached hydrogens (tertiary/aromatic N) is 2. The number of ether oxygens (including phenoxy) is 1. The number of anilines is 2. The van der Waals surface area contributed by atoms with E-state index in [0.717, 1.165) is 0 Å². The number of rotatable bonds is 3. The zero-order valence-corrected chi connectivity index (χ0v) is 10.2. The van der Waals surface area contributed by atoms with Crippen LogP contribution in [0.25, 0.3) is 0 Å². The van der Waals surface area contributed by atoms with Crippen molar-refractivity contribution in [3.05, 3.63) is 36.2 Å². The monoisotopic (exact) mass is 246 g/mol. The molecule has 3 N–H and O–H groups in total. The molecule has 2 rings (SSSR count). The lowest BCUT2D eigenvalue weighted by Gasteiger charge is -2.10. The van der Waals surface area contributed by atoms with Crippen molar-refractivity contribution in [3.63, 3.8) is 0 Å². The summed E-state index contributed by atoms with van der Waals surface area (Å²) in [5.41, 5.74) is 7.24. The minimum Gasteiger partial charge on any atom is -0.495 e. The van der Waals surface area contributed by atoms with Crippen molar-refractivity contribution in [1.29, 1.82) is 0 Å². The van der Waals surface area contributed by atoms with Crippen LogP contribution in [-0.4, -0.2) is 22.8 Å². The highest BCUT2D eigenvalue weighted by Crippen LogP contribution is 2.26. The molecule has 0 bridgehead atoms. The van der Waals surface area contributed by atoms with Gasteiger partial charge < -0.3 is 15.8 Å². The van der Waals surface area contributed by atoms with Gasteiger partial charge in [-0.2, -0.15) is 5.10 Å². The largest absolute Gasteiger partial charge is 0.495 e. The predicted molar refractivity (Wildman–Crippen MR) is 68.6 cm³/mol. The number of benzene rings is 1. The maximum Gasteiger partial charge on any atom is 0.258 e. The van der Waals surface area contributed by atoms with Gasteiger partial charge in [0.1, 0.15) is 5.75 Å². The van der Waals surface area contributed by atoms with E-state index in [4.69, 9.17) is 10.5 Å². The molecule has 2 aromatic rings. The van der Waals surface area contributed by atoms with Gasteiger partial charge in [-0.1, -0.05) is 0 Å². The van der Waals surface area contributed by atoms with Crippen molar-refractivity contribution in [2.45, 2.75) is 0 Å². The zero-order chi connectivity index (χ0) is 13.1. The van der Waals surface area contributed by atoms with Crippen LogP contribution in [0.15, 0.2) is 30.6 Å². The Morgan fingerprint density at radius 2 is 2.28 bits per heavy atom. The SMILES string of the molecule is COc1ccc(N)cc1NC(=O)c1cnn(C)c1. The second-order valence-electron chi connectivity index (χ2n) is 3.82. The lowest BCUT2D eigenvalue weighted by atomic mass is 10.2. The van der Waals surface area contributed by atoms with Gasteiger partial charge in [-0.15, -0.1) is 0 Å². The van der Waals surface area contributed by atoms with Crippen LogP contribution in [0.5, 0.6) is 5.75 Å². The Hall–Kier alpha value is -2.50. The van der Waals surface area contributed by atoms with Crippen LogP contribution in [0.4, 0.5) is 11.4 Å².